The molecule has 17 heavy (non-hydrogen) atoms. The molecular weight excluding hydrogens is 284 g/mol. The molecule has 0 atom stereocenters. The van der Waals surface area contributed by atoms with Gasteiger partial charge in [0.2, 0.25) is 0 Å². The molecule has 4 nitrogen and oxygen atoms in total. The third kappa shape index (κ3) is 4.02. The quantitative estimate of drug-likeness (QED) is 0.838. The van der Waals surface area contributed by atoms with Crippen LogP contribution in [0.4, 0.5) is 5.69 Å². The van der Waals surface area contributed by atoms with Crippen molar-refractivity contribution in [1.82, 2.24) is 4.90 Å². The van der Waals surface area contributed by atoms with E-state index >= 15 is 0 Å². The SMILES string of the molecule is CN(CC(C)(C)O)C(=O)c1cc(N)ccc1Br. The second kappa shape index (κ2) is 5.06. The van der Waals surface area contributed by atoms with E-state index in [0.29, 0.717) is 15.7 Å². The van der Waals surface area contributed by atoms with Crippen molar-refractivity contribution in [1.29, 1.82) is 0 Å². The molecule has 0 radical (unpaired) electrons. The van der Waals surface area contributed by atoms with Crippen LogP contribution in [0.3, 0.4) is 0 Å². The molecule has 3 N–H and O–H groups in total. The molecule has 5 heteroatoms. The largest absolute Gasteiger partial charge is 0.399 e. The number of aliphatic hydroxyl groups is 1. The maximum absolute atomic E-state index is 12.1. The lowest BCUT2D eigenvalue weighted by Crippen LogP contribution is -2.39. The number of hydrogen-bond donors (Lipinski definition) is 2. The zero-order valence-electron chi connectivity index (χ0n) is 10.2. The van der Waals surface area contributed by atoms with Gasteiger partial charge in [-0.05, 0) is 48.0 Å². The van der Waals surface area contributed by atoms with Gasteiger partial charge in [-0.1, -0.05) is 0 Å². The molecule has 0 saturated heterocycles. The predicted octanol–water partition coefficient (Wildman–Crippen LogP) is 1.87. The summed E-state index contributed by atoms with van der Waals surface area (Å²) >= 11 is 3.31. The number of carbonyl (C=O) groups excluding carboxylic acids is 1. The fourth-order valence-corrected chi connectivity index (χ4v) is 1.98. The average Bonchev–Trinajstić information content (AvgIpc) is 2.18. The maximum Gasteiger partial charge on any atom is 0.254 e. The fraction of sp³-hybridized carbons (Fsp3) is 0.417. The van der Waals surface area contributed by atoms with Crippen LogP contribution in [0.25, 0.3) is 0 Å². The third-order valence-corrected chi connectivity index (χ3v) is 2.88. The zero-order chi connectivity index (χ0) is 13.2. The van der Waals surface area contributed by atoms with Gasteiger partial charge in [0.1, 0.15) is 0 Å². The van der Waals surface area contributed by atoms with Crippen molar-refractivity contribution in [2.24, 2.45) is 0 Å². The van der Waals surface area contributed by atoms with Gasteiger partial charge >= 0.3 is 0 Å². The van der Waals surface area contributed by atoms with Gasteiger partial charge < -0.3 is 15.7 Å². The van der Waals surface area contributed by atoms with Crippen LogP contribution in [-0.4, -0.2) is 35.1 Å². The number of nitrogens with zero attached hydrogens (tertiary/aromatic N) is 1. The van der Waals surface area contributed by atoms with Crippen molar-refractivity contribution in [2.75, 3.05) is 19.3 Å². The summed E-state index contributed by atoms with van der Waals surface area (Å²) in [6.07, 6.45) is 0. The van der Waals surface area contributed by atoms with Crippen LogP contribution in [0, 0.1) is 0 Å². The minimum absolute atomic E-state index is 0.175. The minimum Gasteiger partial charge on any atom is -0.399 e. The number of nitrogen functional groups attached to an aromatic ring is 1. The first kappa shape index (κ1) is 14.0. The van der Waals surface area contributed by atoms with Gasteiger partial charge in [0.05, 0.1) is 11.2 Å². The number of anilines is 1. The number of hydrogen-bond acceptors (Lipinski definition) is 3. The van der Waals surface area contributed by atoms with Gasteiger partial charge in [0.15, 0.2) is 0 Å². The first-order valence-corrected chi connectivity index (χ1v) is 6.03. The molecule has 0 heterocycles. The van der Waals surface area contributed by atoms with E-state index in [1.807, 2.05) is 0 Å². The van der Waals surface area contributed by atoms with Crippen LogP contribution in [-0.2, 0) is 0 Å². The fourth-order valence-electron chi connectivity index (χ4n) is 1.56. The second-order valence-electron chi connectivity index (χ2n) is 4.71. The molecule has 0 aliphatic carbocycles. The Morgan fingerprint density at radius 2 is 2.12 bits per heavy atom. The number of carbonyl (C=O) groups is 1. The van der Waals surface area contributed by atoms with E-state index < -0.39 is 5.60 Å². The molecule has 1 amide bonds. The van der Waals surface area contributed by atoms with E-state index in [9.17, 15) is 9.90 Å². The summed E-state index contributed by atoms with van der Waals surface area (Å²) in [7, 11) is 1.65. The number of likely N-dealkylation sites (N-methyl/N-ethyl adjacent to an activating group) is 1. The summed E-state index contributed by atoms with van der Waals surface area (Å²) in [5.41, 5.74) is 5.76. The van der Waals surface area contributed by atoms with Gasteiger partial charge in [0.25, 0.3) is 5.91 Å². The maximum atomic E-state index is 12.1. The van der Waals surface area contributed by atoms with Gasteiger partial charge in [-0.3, -0.25) is 4.79 Å². The molecule has 0 spiro atoms. The highest BCUT2D eigenvalue weighted by Crippen LogP contribution is 2.21. The van der Waals surface area contributed by atoms with E-state index in [0.717, 1.165) is 0 Å². The summed E-state index contributed by atoms with van der Waals surface area (Å²) in [5.74, 6) is -0.175. The number of rotatable bonds is 3. The van der Waals surface area contributed by atoms with Gasteiger partial charge in [-0.2, -0.15) is 0 Å². The van der Waals surface area contributed by atoms with Crippen molar-refractivity contribution in [3.8, 4) is 0 Å². The normalized spacial score (nSPS) is 11.4. The Morgan fingerprint density at radius 1 is 1.53 bits per heavy atom. The summed E-state index contributed by atoms with van der Waals surface area (Å²) in [4.78, 5) is 13.6. The lowest BCUT2D eigenvalue weighted by molar-refractivity contribution is 0.0367. The Balaban J connectivity index is 2.93. The Hall–Kier alpha value is -1.07. The first-order chi connectivity index (χ1) is 7.70. The van der Waals surface area contributed by atoms with Crippen molar-refractivity contribution < 1.29 is 9.90 Å². The molecule has 0 saturated carbocycles. The number of amides is 1. The van der Waals surface area contributed by atoms with Crippen LogP contribution >= 0.6 is 15.9 Å². The molecule has 0 aliphatic heterocycles. The predicted molar refractivity (Wildman–Crippen MR) is 71.8 cm³/mol. The smallest absolute Gasteiger partial charge is 0.254 e. The lowest BCUT2D eigenvalue weighted by atomic mass is 10.1. The molecule has 0 bridgehead atoms. The van der Waals surface area contributed by atoms with Crippen molar-refractivity contribution in [3.05, 3.63) is 28.2 Å². The zero-order valence-corrected chi connectivity index (χ0v) is 11.8. The highest BCUT2D eigenvalue weighted by atomic mass is 79.9. The molecule has 0 unspecified atom stereocenters. The Morgan fingerprint density at radius 3 is 2.65 bits per heavy atom. The van der Waals surface area contributed by atoms with Crippen molar-refractivity contribution >= 4 is 27.5 Å². The summed E-state index contributed by atoms with van der Waals surface area (Å²) in [5, 5.41) is 9.68. The molecule has 94 valence electrons. The average molecular weight is 301 g/mol. The van der Waals surface area contributed by atoms with Crippen LogP contribution in [0.15, 0.2) is 22.7 Å². The highest BCUT2D eigenvalue weighted by Gasteiger charge is 2.21. The second-order valence-corrected chi connectivity index (χ2v) is 5.57. The monoisotopic (exact) mass is 300 g/mol. The van der Waals surface area contributed by atoms with E-state index in [2.05, 4.69) is 15.9 Å². The number of nitrogens with two attached hydrogens (primary N) is 1. The molecule has 1 rings (SSSR count). The Bertz CT molecular complexity index is 427. The standard InChI is InChI=1S/C12H17BrN2O2/c1-12(2,17)7-15(3)11(16)9-6-8(14)4-5-10(9)13/h4-6,17H,7,14H2,1-3H3. The molecule has 0 aromatic heterocycles. The van der Waals surface area contributed by atoms with Gasteiger partial charge in [-0.25, -0.2) is 0 Å². The highest BCUT2D eigenvalue weighted by molar-refractivity contribution is 9.10. The molecular formula is C12H17BrN2O2. The summed E-state index contributed by atoms with van der Waals surface area (Å²) in [6.45, 7) is 3.57. The number of halogens is 1. The minimum atomic E-state index is -0.919. The van der Waals surface area contributed by atoms with E-state index in [4.69, 9.17) is 5.73 Å². The molecule has 0 aliphatic rings. The Kier molecular flexibility index (Phi) is 4.16. The van der Waals surface area contributed by atoms with E-state index in [1.54, 1.807) is 39.1 Å². The molecule has 0 fully saturated rings. The van der Waals surface area contributed by atoms with E-state index in [-0.39, 0.29) is 12.5 Å². The first-order valence-electron chi connectivity index (χ1n) is 5.23. The molecule has 1 aromatic rings. The number of benzene rings is 1. The summed E-state index contributed by atoms with van der Waals surface area (Å²) < 4.78 is 0.694. The van der Waals surface area contributed by atoms with Gasteiger partial charge in [0, 0.05) is 23.8 Å². The van der Waals surface area contributed by atoms with E-state index in [1.165, 1.54) is 4.90 Å². The van der Waals surface area contributed by atoms with Crippen molar-refractivity contribution in [3.63, 3.8) is 0 Å². The van der Waals surface area contributed by atoms with Gasteiger partial charge in [-0.15, -0.1) is 0 Å². The van der Waals surface area contributed by atoms with Crippen LogP contribution in [0.1, 0.15) is 24.2 Å². The third-order valence-electron chi connectivity index (χ3n) is 2.19. The van der Waals surface area contributed by atoms with Crippen LogP contribution < -0.4 is 5.73 Å². The Labute approximate surface area is 110 Å². The van der Waals surface area contributed by atoms with Crippen LogP contribution in [0.5, 0.6) is 0 Å². The van der Waals surface area contributed by atoms with Crippen molar-refractivity contribution in [2.45, 2.75) is 19.4 Å². The lowest BCUT2D eigenvalue weighted by Gasteiger charge is -2.26. The van der Waals surface area contributed by atoms with Crippen LogP contribution in [0.2, 0.25) is 0 Å². The summed E-state index contributed by atoms with van der Waals surface area (Å²) in [6, 6.07) is 5.07. The topological polar surface area (TPSA) is 66.6 Å². The molecule has 1 aromatic carbocycles.